The Hall–Kier alpha value is -2.26. The molecule has 1 aliphatic heterocycles. The quantitative estimate of drug-likeness (QED) is 0.350. The minimum absolute atomic E-state index is 0.0566. The van der Waals surface area contributed by atoms with Crippen molar-refractivity contribution in [2.45, 2.75) is 48.7 Å². The van der Waals surface area contributed by atoms with Crippen LogP contribution in [0.3, 0.4) is 0 Å². The third kappa shape index (κ3) is 2.80. The Morgan fingerprint density at radius 3 is 2.42 bits per heavy atom. The van der Waals surface area contributed by atoms with Crippen LogP contribution in [0.1, 0.15) is 31.9 Å². The van der Waals surface area contributed by atoms with Gasteiger partial charge in [-0.05, 0) is 31.5 Å². The van der Waals surface area contributed by atoms with Crippen molar-refractivity contribution < 1.29 is 24.6 Å². The number of carboxylic acids is 1. The number of carbonyl (C=O) groups excluding carboxylic acids is 2. The minimum atomic E-state index is -1.13. The number of nitrogens with zero attached hydrogens (tertiary/aromatic N) is 1. The molecule has 4 atom stereocenters. The number of amides is 2. The van der Waals surface area contributed by atoms with E-state index in [0.29, 0.717) is 12.0 Å². The first kappa shape index (κ1) is 18.5. The van der Waals surface area contributed by atoms with E-state index in [9.17, 15) is 24.6 Å². The van der Waals surface area contributed by atoms with Crippen molar-refractivity contribution in [2.75, 3.05) is 0 Å². The van der Waals surface area contributed by atoms with E-state index in [1.807, 2.05) is 0 Å². The molecule has 4 unspecified atom stereocenters. The second kappa shape index (κ2) is 5.88. The maximum absolute atomic E-state index is 12.6. The van der Waals surface area contributed by atoms with Gasteiger partial charge in [-0.15, -0.1) is 0 Å². The van der Waals surface area contributed by atoms with Crippen LogP contribution in [0, 0.1) is 0 Å². The van der Waals surface area contributed by atoms with Gasteiger partial charge in [0, 0.05) is 11.2 Å². The first-order valence-corrected chi connectivity index (χ1v) is 8.58. The van der Waals surface area contributed by atoms with Gasteiger partial charge >= 0.3 is 5.97 Å². The van der Waals surface area contributed by atoms with Crippen LogP contribution in [0.2, 0.25) is 0 Å². The lowest BCUT2D eigenvalue weighted by molar-refractivity contribution is -0.161. The molecule has 0 bridgehead atoms. The summed E-state index contributed by atoms with van der Waals surface area (Å²) in [5.41, 5.74) is 5.37. The molecule has 2 fully saturated rings. The lowest BCUT2D eigenvalue weighted by Gasteiger charge is -2.45. The van der Waals surface area contributed by atoms with E-state index in [4.69, 9.17) is 5.73 Å². The van der Waals surface area contributed by atoms with E-state index in [-0.39, 0.29) is 11.8 Å². The summed E-state index contributed by atoms with van der Waals surface area (Å²) in [6.07, 6.45) is 0.355. The maximum atomic E-state index is 12.6. The van der Waals surface area contributed by atoms with Gasteiger partial charge in [-0.2, -0.15) is 12.6 Å². The molecule has 2 amide bonds. The van der Waals surface area contributed by atoms with E-state index in [1.165, 1.54) is 29.2 Å². The number of aromatic hydroxyl groups is 1. The summed E-state index contributed by atoms with van der Waals surface area (Å²) >= 11 is 4.30. The highest BCUT2D eigenvalue weighted by atomic mass is 32.1. The van der Waals surface area contributed by atoms with Gasteiger partial charge in [-0.3, -0.25) is 9.59 Å². The number of carbonyl (C=O) groups is 3. The molecular weight excluding hydrogens is 358 g/mol. The molecule has 1 aromatic rings. The summed E-state index contributed by atoms with van der Waals surface area (Å²) in [5.74, 6) is -2.03. The van der Waals surface area contributed by atoms with Crippen molar-refractivity contribution in [1.29, 1.82) is 0 Å². The number of rotatable bonds is 6. The van der Waals surface area contributed by atoms with Crippen LogP contribution in [0.25, 0.3) is 0 Å². The fourth-order valence-electron chi connectivity index (χ4n) is 3.49. The number of nitrogens with one attached hydrogen (secondary N) is 1. The van der Waals surface area contributed by atoms with Gasteiger partial charge in [0.05, 0.1) is 6.04 Å². The molecule has 26 heavy (non-hydrogen) atoms. The van der Waals surface area contributed by atoms with Crippen LogP contribution < -0.4 is 11.1 Å². The number of phenols is 1. The Labute approximate surface area is 155 Å². The van der Waals surface area contributed by atoms with Crippen molar-refractivity contribution in [3.8, 4) is 5.75 Å². The number of likely N-dealkylation sites (tertiary alicyclic amines) is 1. The van der Waals surface area contributed by atoms with Gasteiger partial charge in [0.1, 0.15) is 23.4 Å². The van der Waals surface area contributed by atoms with Gasteiger partial charge in [-0.25, -0.2) is 4.79 Å². The molecule has 1 aliphatic carbocycles. The Bertz CT molecular complexity index is 776. The van der Waals surface area contributed by atoms with Crippen LogP contribution in [-0.4, -0.2) is 55.3 Å². The van der Waals surface area contributed by atoms with Crippen molar-refractivity contribution in [3.63, 3.8) is 0 Å². The zero-order chi connectivity index (χ0) is 19.4. The molecule has 1 saturated heterocycles. The standard InChI is InChI=1S/C17H21N3O5S/c1-16(2,26)12(14(23)24)20-10-7-17(10,15(20)25)19-13(22)11(18)8-3-5-9(21)6-4-8/h3-6,10-12,21,26H,7,18H2,1-2H3,(H,19,22)(H,23,24). The molecule has 0 aromatic heterocycles. The topological polar surface area (TPSA) is 133 Å². The summed E-state index contributed by atoms with van der Waals surface area (Å²) in [6, 6.07) is 3.46. The third-order valence-corrected chi connectivity index (χ3v) is 5.18. The second-order valence-corrected chi connectivity index (χ2v) is 8.51. The summed E-state index contributed by atoms with van der Waals surface area (Å²) in [6.45, 7) is 3.26. The maximum Gasteiger partial charge on any atom is 0.327 e. The van der Waals surface area contributed by atoms with Crippen molar-refractivity contribution >= 4 is 30.4 Å². The zero-order valence-corrected chi connectivity index (χ0v) is 15.2. The molecule has 9 heteroatoms. The minimum Gasteiger partial charge on any atom is -0.508 e. The molecule has 1 saturated carbocycles. The fraction of sp³-hybridized carbons (Fsp3) is 0.471. The fourth-order valence-corrected chi connectivity index (χ4v) is 3.73. The normalized spacial score (nSPS) is 26.4. The number of carboxylic acid groups (broad SMARTS) is 1. The molecular formula is C17H21N3O5S. The number of thiol groups is 1. The van der Waals surface area contributed by atoms with Gasteiger partial charge in [0.2, 0.25) is 5.91 Å². The first-order valence-electron chi connectivity index (χ1n) is 8.13. The first-order chi connectivity index (χ1) is 12.0. The van der Waals surface area contributed by atoms with Crippen LogP contribution in [0.15, 0.2) is 24.3 Å². The summed E-state index contributed by atoms with van der Waals surface area (Å²) in [5, 5.41) is 21.4. The Kier molecular flexibility index (Phi) is 4.19. The van der Waals surface area contributed by atoms with E-state index >= 15 is 0 Å². The highest BCUT2D eigenvalue weighted by molar-refractivity contribution is 7.81. The molecule has 3 rings (SSSR count). The van der Waals surface area contributed by atoms with Crippen LogP contribution in [0.4, 0.5) is 0 Å². The van der Waals surface area contributed by atoms with E-state index in [1.54, 1.807) is 13.8 Å². The molecule has 2 aliphatic rings. The molecule has 140 valence electrons. The number of hydrogen-bond donors (Lipinski definition) is 5. The highest BCUT2D eigenvalue weighted by Crippen LogP contribution is 2.54. The Balaban J connectivity index is 1.70. The van der Waals surface area contributed by atoms with Gasteiger partial charge in [0.25, 0.3) is 5.91 Å². The van der Waals surface area contributed by atoms with Gasteiger partial charge in [0.15, 0.2) is 0 Å². The Morgan fingerprint density at radius 2 is 1.96 bits per heavy atom. The molecule has 5 N–H and O–H groups in total. The largest absolute Gasteiger partial charge is 0.508 e. The molecule has 0 spiro atoms. The number of benzene rings is 1. The zero-order valence-electron chi connectivity index (χ0n) is 14.3. The van der Waals surface area contributed by atoms with Crippen molar-refractivity contribution in [2.24, 2.45) is 5.73 Å². The summed E-state index contributed by atoms with van der Waals surface area (Å²) < 4.78 is -0.928. The number of fused-ring (bicyclic) bond motifs is 1. The molecule has 8 nitrogen and oxygen atoms in total. The van der Waals surface area contributed by atoms with Gasteiger partial charge in [-0.1, -0.05) is 12.1 Å². The third-order valence-electron chi connectivity index (χ3n) is 4.94. The number of nitrogens with two attached hydrogens (primary N) is 1. The summed E-state index contributed by atoms with van der Waals surface area (Å²) in [7, 11) is 0. The Morgan fingerprint density at radius 1 is 1.38 bits per heavy atom. The van der Waals surface area contributed by atoms with Crippen molar-refractivity contribution in [3.05, 3.63) is 29.8 Å². The van der Waals surface area contributed by atoms with Gasteiger partial charge < -0.3 is 26.2 Å². The smallest absolute Gasteiger partial charge is 0.327 e. The molecule has 0 radical (unpaired) electrons. The van der Waals surface area contributed by atoms with Crippen LogP contribution in [0.5, 0.6) is 5.75 Å². The van der Waals surface area contributed by atoms with Crippen molar-refractivity contribution in [1.82, 2.24) is 10.2 Å². The monoisotopic (exact) mass is 379 g/mol. The van der Waals surface area contributed by atoms with Crippen LogP contribution in [-0.2, 0) is 14.4 Å². The predicted octanol–water partition coefficient (Wildman–Crippen LogP) is 0.0231. The van der Waals surface area contributed by atoms with Crippen LogP contribution >= 0.6 is 12.6 Å². The number of phenolic OH excluding ortho intramolecular Hbond substituents is 1. The SMILES string of the molecule is CC(C)(S)C(C(=O)O)N1C(=O)C2(NC(=O)C(N)c3ccc(O)cc3)CC12. The predicted molar refractivity (Wildman–Crippen MR) is 95.6 cm³/mol. The average Bonchev–Trinajstić information content (AvgIpc) is 3.20. The second-order valence-electron chi connectivity index (χ2n) is 7.36. The number of β-lactam (4-membered cyclic amide) rings is 1. The van der Waals surface area contributed by atoms with E-state index in [2.05, 4.69) is 17.9 Å². The highest BCUT2D eigenvalue weighted by Gasteiger charge is 2.77. The number of hydrogen-bond acceptors (Lipinski definition) is 6. The van der Waals surface area contributed by atoms with E-state index in [0.717, 1.165) is 0 Å². The van der Waals surface area contributed by atoms with E-state index < -0.39 is 40.2 Å². The molecule has 1 heterocycles. The lowest BCUT2D eigenvalue weighted by Crippen LogP contribution is -2.71. The average molecular weight is 379 g/mol. The molecule has 1 aromatic carbocycles. The lowest BCUT2D eigenvalue weighted by atomic mass is 9.94. The number of aliphatic carboxylic acids is 1. The summed E-state index contributed by atoms with van der Waals surface area (Å²) in [4.78, 5) is 37.9.